The van der Waals surface area contributed by atoms with Crippen molar-refractivity contribution in [1.82, 2.24) is 0 Å². The van der Waals surface area contributed by atoms with Crippen molar-refractivity contribution in [3.8, 4) is 0 Å². The predicted molar refractivity (Wildman–Crippen MR) is 80.9 cm³/mol. The second-order valence-electron chi connectivity index (χ2n) is 4.40. The summed E-state index contributed by atoms with van der Waals surface area (Å²) < 4.78 is 0. The van der Waals surface area contributed by atoms with E-state index in [9.17, 15) is 0 Å². The van der Waals surface area contributed by atoms with Gasteiger partial charge in [0.1, 0.15) is 0 Å². The van der Waals surface area contributed by atoms with Crippen molar-refractivity contribution in [2.45, 2.75) is 12.1 Å². The van der Waals surface area contributed by atoms with Crippen LogP contribution in [0.15, 0.2) is 60.7 Å². The summed E-state index contributed by atoms with van der Waals surface area (Å²) >= 11 is 0. The number of rotatable bonds is 4. The molecule has 108 valence electrons. The van der Waals surface area contributed by atoms with E-state index in [2.05, 4.69) is 0 Å². The highest BCUT2D eigenvalue weighted by molar-refractivity contribution is 5.18. The molecule has 0 unspecified atom stereocenters. The maximum Gasteiger partial charge on any atom is 0.0624 e. The minimum Gasteiger partial charge on any atom is -0.394 e. The van der Waals surface area contributed by atoms with Gasteiger partial charge in [-0.2, -0.15) is 0 Å². The molecule has 2 aromatic carbocycles. The molecular formula is C16H22N2O2. The van der Waals surface area contributed by atoms with Crippen molar-refractivity contribution in [3.63, 3.8) is 0 Å². The van der Waals surface area contributed by atoms with Crippen LogP contribution < -0.4 is 11.5 Å². The Balaban J connectivity index is 0.000000200. The van der Waals surface area contributed by atoms with Crippen LogP contribution in [0.5, 0.6) is 0 Å². The fourth-order valence-corrected chi connectivity index (χ4v) is 1.61. The van der Waals surface area contributed by atoms with E-state index >= 15 is 0 Å². The Bertz CT molecular complexity index is 417. The molecule has 20 heavy (non-hydrogen) atoms. The van der Waals surface area contributed by atoms with Gasteiger partial charge < -0.3 is 21.7 Å². The Morgan fingerprint density at radius 1 is 0.650 bits per heavy atom. The molecule has 4 heteroatoms. The highest BCUT2D eigenvalue weighted by Gasteiger charge is 2.01. The van der Waals surface area contributed by atoms with E-state index in [1.165, 1.54) is 0 Å². The summed E-state index contributed by atoms with van der Waals surface area (Å²) in [4.78, 5) is 0. The van der Waals surface area contributed by atoms with E-state index in [1.54, 1.807) is 0 Å². The smallest absolute Gasteiger partial charge is 0.0624 e. The summed E-state index contributed by atoms with van der Waals surface area (Å²) in [6, 6.07) is 18.6. The first-order valence-electron chi connectivity index (χ1n) is 6.51. The fraction of sp³-hybridized carbons (Fsp3) is 0.250. The average molecular weight is 274 g/mol. The Hall–Kier alpha value is -1.72. The molecule has 6 N–H and O–H groups in total. The van der Waals surface area contributed by atoms with Crippen LogP contribution in [0.25, 0.3) is 0 Å². The summed E-state index contributed by atoms with van der Waals surface area (Å²) in [6.45, 7) is 0.00796. The molecule has 0 radical (unpaired) electrons. The lowest BCUT2D eigenvalue weighted by atomic mass is 10.1. The summed E-state index contributed by atoms with van der Waals surface area (Å²) in [5.41, 5.74) is 13.0. The molecule has 0 aliphatic carbocycles. The lowest BCUT2D eigenvalue weighted by Crippen LogP contribution is -2.13. The standard InChI is InChI=1S/2C8H11NO/c2*9-8(6-10)7-4-2-1-3-5-7/h2*1-5,8,10H,6,9H2/t2*8-/m00/s1. The molecular weight excluding hydrogens is 252 g/mol. The molecule has 2 aromatic rings. The topological polar surface area (TPSA) is 92.5 Å². The average Bonchev–Trinajstić information content (AvgIpc) is 2.55. The van der Waals surface area contributed by atoms with Crippen LogP contribution in [-0.2, 0) is 0 Å². The van der Waals surface area contributed by atoms with E-state index in [1.807, 2.05) is 60.7 Å². The third-order valence-corrected chi connectivity index (χ3v) is 2.85. The summed E-state index contributed by atoms with van der Waals surface area (Å²) in [7, 11) is 0. The zero-order valence-corrected chi connectivity index (χ0v) is 11.4. The molecule has 0 saturated carbocycles. The number of aliphatic hydroxyl groups is 2. The van der Waals surface area contributed by atoms with Gasteiger partial charge in [-0.3, -0.25) is 0 Å². The second kappa shape index (κ2) is 9.23. The van der Waals surface area contributed by atoms with Gasteiger partial charge in [0.25, 0.3) is 0 Å². The van der Waals surface area contributed by atoms with E-state index in [0.29, 0.717) is 0 Å². The zero-order valence-electron chi connectivity index (χ0n) is 11.4. The summed E-state index contributed by atoms with van der Waals surface area (Å²) in [5.74, 6) is 0. The van der Waals surface area contributed by atoms with Gasteiger partial charge >= 0.3 is 0 Å². The fourth-order valence-electron chi connectivity index (χ4n) is 1.61. The van der Waals surface area contributed by atoms with Crippen LogP contribution in [0.1, 0.15) is 23.2 Å². The molecule has 0 heterocycles. The molecule has 0 aliphatic rings. The lowest BCUT2D eigenvalue weighted by Gasteiger charge is -2.06. The van der Waals surface area contributed by atoms with Gasteiger partial charge in [-0.15, -0.1) is 0 Å². The molecule has 0 aromatic heterocycles. The lowest BCUT2D eigenvalue weighted by molar-refractivity contribution is 0.268. The Morgan fingerprint density at radius 3 is 1.20 bits per heavy atom. The molecule has 0 aliphatic heterocycles. The molecule has 2 rings (SSSR count). The zero-order chi connectivity index (χ0) is 14.8. The van der Waals surface area contributed by atoms with Crippen LogP contribution in [-0.4, -0.2) is 23.4 Å². The first-order chi connectivity index (χ1) is 9.69. The van der Waals surface area contributed by atoms with Gasteiger partial charge in [0.2, 0.25) is 0 Å². The number of hydrogen-bond donors (Lipinski definition) is 4. The third kappa shape index (κ3) is 5.50. The van der Waals surface area contributed by atoms with Crippen LogP contribution in [0, 0.1) is 0 Å². The van der Waals surface area contributed by atoms with Gasteiger partial charge in [0, 0.05) is 0 Å². The number of aliphatic hydroxyl groups excluding tert-OH is 2. The molecule has 2 atom stereocenters. The first-order valence-corrected chi connectivity index (χ1v) is 6.51. The third-order valence-electron chi connectivity index (χ3n) is 2.85. The second-order valence-corrected chi connectivity index (χ2v) is 4.40. The Kier molecular flexibility index (Phi) is 7.54. The van der Waals surface area contributed by atoms with Crippen LogP contribution in [0.2, 0.25) is 0 Å². The summed E-state index contributed by atoms with van der Waals surface area (Å²) in [6.07, 6.45) is 0. The quantitative estimate of drug-likeness (QED) is 0.677. The van der Waals surface area contributed by atoms with Crippen molar-refractivity contribution in [2.75, 3.05) is 13.2 Å². The van der Waals surface area contributed by atoms with Gasteiger partial charge in [0.05, 0.1) is 25.3 Å². The monoisotopic (exact) mass is 274 g/mol. The molecule has 0 fully saturated rings. The largest absolute Gasteiger partial charge is 0.394 e. The minimum absolute atomic E-state index is 0.00398. The SMILES string of the molecule is N[C@@H](CO)c1ccccc1.N[C@@H](CO)c1ccccc1. The van der Waals surface area contributed by atoms with Crippen molar-refractivity contribution in [2.24, 2.45) is 11.5 Å². The predicted octanol–water partition coefficient (Wildman–Crippen LogP) is 1.36. The van der Waals surface area contributed by atoms with Crippen LogP contribution in [0.3, 0.4) is 0 Å². The van der Waals surface area contributed by atoms with E-state index in [4.69, 9.17) is 21.7 Å². The maximum absolute atomic E-state index is 8.66. The van der Waals surface area contributed by atoms with Gasteiger partial charge in [-0.05, 0) is 11.1 Å². The van der Waals surface area contributed by atoms with E-state index in [-0.39, 0.29) is 25.3 Å². The Labute approximate surface area is 119 Å². The summed E-state index contributed by atoms with van der Waals surface area (Å²) in [5, 5.41) is 17.3. The molecule has 4 nitrogen and oxygen atoms in total. The van der Waals surface area contributed by atoms with Gasteiger partial charge in [-0.25, -0.2) is 0 Å². The van der Waals surface area contributed by atoms with Crippen molar-refractivity contribution in [3.05, 3.63) is 71.8 Å². The molecule has 0 bridgehead atoms. The number of nitrogens with two attached hydrogens (primary N) is 2. The number of benzene rings is 2. The molecule has 0 amide bonds. The van der Waals surface area contributed by atoms with E-state index < -0.39 is 0 Å². The minimum atomic E-state index is -0.235. The maximum atomic E-state index is 8.66. The normalized spacial score (nSPS) is 13.0. The highest BCUT2D eigenvalue weighted by atomic mass is 16.3. The Morgan fingerprint density at radius 2 is 0.950 bits per heavy atom. The van der Waals surface area contributed by atoms with Crippen molar-refractivity contribution < 1.29 is 10.2 Å². The van der Waals surface area contributed by atoms with Gasteiger partial charge in [0.15, 0.2) is 0 Å². The van der Waals surface area contributed by atoms with E-state index in [0.717, 1.165) is 11.1 Å². The van der Waals surface area contributed by atoms with Crippen LogP contribution in [0.4, 0.5) is 0 Å². The van der Waals surface area contributed by atoms with Crippen molar-refractivity contribution >= 4 is 0 Å². The molecule has 0 saturated heterocycles. The van der Waals surface area contributed by atoms with Crippen LogP contribution >= 0.6 is 0 Å². The first kappa shape index (κ1) is 16.3. The molecule has 0 spiro atoms. The highest BCUT2D eigenvalue weighted by Crippen LogP contribution is 2.07. The van der Waals surface area contributed by atoms with Gasteiger partial charge in [-0.1, -0.05) is 60.7 Å². The van der Waals surface area contributed by atoms with Crippen molar-refractivity contribution in [1.29, 1.82) is 0 Å². The number of hydrogen-bond acceptors (Lipinski definition) is 4.